The number of benzene rings is 2. The topological polar surface area (TPSA) is 64.7 Å². The number of halogens is 2. The molecule has 0 heterocycles. The van der Waals surface area contributed by atoms with Crippen LogP contribution in [-0.4, -0.2) is 17.7 Å². The smallest absolute Gasteiger partial charge is 0.345 e. The number of alkyl halides is 1. The highest BCUT2D eigenvalue weighted by molar-refractivity contribution is 6.30. The summed E-state index contributed by atoms with van der Waals surface area (Å²) in [4.78, 5) is 16.3. The number of carbonyl (C=O) groups is 1. The van der Waals surface area contributed by atoms with Crippen LogP contribution in [0.1, 0.15) is 10.4 Å². The van der Waals surface area contributed by atoms with Gasteiger partial charge in [0.1, 0.15) is 11.6 Å². The molecule has 2 aromatic rings. The van der Waals surface area contributed by atoms with Crippen molar-refractivity contribution in [2.75, 3.05) is 5.88 Å². The fraction of sp³-hybridized carbons (Fsp3) is 0.0667. The van der Waals surface area contributed by atoms with E-state index < -0.39 is 5.97 Å². The van der Waals surface area contributed by atoms with Gasteiger partial charge in [0.05, 0.1) is 17.1 Å². The summed E-state index contributed by atoms with van der Waals surface area (Å²) in [5.74, 6) is 0.177. The van der Waals surface area contributed by atoms with Crippen molar-refractivity contribution in [2.24, 2.45) is 10.7 Å². The molecule has 0 fully saturated rings. The maximum Gasteiger partial charge on any atom is 0.345 e. The predicted molar refractivity (Wildman–Crippen MR) is 84.9 cm³/mol. The average molecular weight is 323 g/mol. The maximum absolute atomic E-state index is 12.2. The van der Waals surface area contributed by atoms with Crippen molar-refractivity contribution in [1.29, 1.82) is 0 Å². The molecule has 0 radical (unpaired) electrons. The Bertz CT molecular complexity index is 670. The minimum Gasteiger partial charge on any atom is -0.423 e. The molecule has 0 saturated carbocycles. The summed E-state index contributed by atoms with van der Waals surface area (Å²) in [6, 6.07) is 13.2. The minimum absolute atomic E-state index is 0.0839. The van der Waals surface area contributed by atoms with Gasteiger partial charge in [-0.3, -0.25) is 0 Å². The molecule has 108 valence electrons. The Morgan fingerprint density at radius 1 is 1.14 bits per heavy atom. The number of rotatable bonds is 4. The summed E-state index contributed by atoms with van der Waals surface area (Å²) < 4.78 is 5.27. The van der Waals surface area contributed by atoms with Crippen molar-refractivity contribution in [3.8, 4) is 5.75 Å². The molecule has 2 N–H and O–H groups in total. The number of hydrogen-bond acceptors (Lipinski definition) is 3. The van der Waals surface area contributed by atoms with Gasteiger partial charge in [-0.25, -0.2) is 9.79 Å². The van der Waals surface area contributed by atoms with Crippen molar-refractivity contribution in [1.82, 2.24) is 0 Å². The molecule has 0 spiro atoms. The number of carbonyl (C=O) groups excluding carboxylic acids is 1. The van der Waals surface area contributed by atoms with Gasteiger partial charge < -0.3 is 10.5 Å². The van der Waals surface area contributed by atoms with E-state index in [-0.39, 0.29) is 11.7 Å². The van der Waals surface area contributed by atoms with Crippen molar-refractivity contribution < 1.29 is 9.53 Å². The molecule has 0 unspecified atom stereocenters. The van der Waals surface area contributed by atoms with E-state index in [1.54, 1.807) is 48.5 Å². The molecular weight excluding hydrogens is 311 g/mol. The van der Waals surface area contributed by atoms with Crippen LogP contribution in [0.2, 0.25) is 5.02 Å². The van der Waals surface area contributed by atoms with E-state index >= 15 is 0 Å². The lowest BCUT2D eigenvalue weighted by Crippen LogP contribution is -2.13. The highest BCUT2D eigenvalue weighted by atomic mass is 35.5. The van der Waals surface area contributed by atoms with E-state index in [1.165, 1.54) is 0 Å². The normalized spacial score (nSPS) is 11.2. The summed E-state index contributed by atoms with van der Waals surface area (Å²) in [6.45, 7) is 0. The summed E-state index contributed by atoms with van der Waals surface area (Å²) in [5, 5.41) is 0.565. The van der Waals surface area contributed by atoms with Gasteiger partial charge in [0, 0.05) is 5.02 Å². The number of hydrogen-bond donors (Lipinski definition) is 1. The first-order chi connectivity index (χ1) is 10.1. The van der Waals surface area contributed by atoms with Crippen LogP contribution in [0.15, 0.2) is 53.5 Å². The molecule has 0 saturated heterocycles. The van der Waals surface area contributed by atoms with Gasteiger partial charge in [-0.1, -0.05) is 23.7 Å². The van der Waals surface area contributed by atoms with Crippen molar-refractivity contribution in [2.45, 2.75) is 0 Å². The number of nitrogens with zero attached hydrogens (tertiary/aromatic N) is 1. The number of nitrogens with two attached hydrogens (primary N) is 1. The highest BCUT2D eigenvalue weighted by Gasteiger charge is 2.13. The number of para-hydroxylation sites is 1. The molecule has 21 heavy (non-hydrogen) atoms. The highest BCUT2D eigenvalue weighted by Crippen LogP contribution is 2.22. The summed E-state index contributed by atoms with van der Waals surface area (Å²) >= 11 is 11.4. The van der Waals surface area contributed by atoms with E-state index in [9.17, 15) is 4.79 Å². The molecule has 0 amide bonds. The molecule has 0 atom stereocenters. The lowest BCUT2D eigenvalue weighted by molar-refractivity contribution is 0.0735. The van der Waals surface area contributed by atoms with Gasteiger partial charge in [-0.2, -0.15) is 0 Å². The lowest BCUT2D eigenvalue weighted by Gasteiger charge is -2.07. The van der Waals surface area contributed by atoms with Gasteiger partial charge in [0.2, 0.25) is 0 Å². The second kappa shape index (κ2) is 7.11. The number of aliphatic imine (C=N–C) groups is 1. The Morgan fingerprint density at radius 2 is 1.81 bits per heavy atom. The van der Waals surface area contributed by atoms with Gasteiger partial charge >= 0.3 is 5.97 Å². The molecule has 0 aliphatic rings. The van der Waals surface area contributed by atoms with Gasteiger partial charge in [-0.05, 0) is 36.4 Å². The Kier molecular flexibility index (Phi) is 5.20. The SMILES string of the molecule is NC(CCl)=Nc1ccccc1C(=O)Oc1ccc(Cl)cc1. The second-order valence-corrected chi connectivity index (χ2v) is 4.80. The van der Waals surface area contributed by atoms with E-state index in [0.717, 1.165) is 0 Å². The van der Waals surface area contributed by atoms with Crippen LogP contribution in [0.5, 0.6) is 5.75 Å². The lowest BCUT2D eigenvalue weighted by atomic mass is 10.2. The Balaban J connectivity index is 2.25. The van der Waals surface area contributed by atoms with Crippen molar-refractivity contribution >= 4 is 40.7 Å². The largest absolute Gasteiger partial charge is 0.423 e. The van der Waals surface area contributed by atoms with E-state index in [0.29, 0.717) is 22.0 Å². The standard InChI is InChI=1S/C15H12Cl2N2O2/c16-9-14(18)19-13-4-2-1-3-12(13)15(20)21-11-7-5-10(17)6-8-11/h1-8H,9H2,(H2,18,19). The summed E-state index contributed by atoms with van der Waals surface area (Å²) in [6.07, 6.45) is 0. The van der Waals surface area contributed by atoms with Crippen LogP contribution < -0.4 is 10.5 Å². The molecule has 0 aromatic heterocycles. The third kappa shape index (κ3) is 4.21. The molecule has 4 nitrogen and oxygen atoms in total. The van der Waals surface area contributed by atoms with E-state index in [1.807, 2.05) is 0 Å². The molecule has 2 rings (SSSR count). The Hall–Kier alpha value is -2.04. The van der Waals surface area contributed by atoms with Crippen LogP contribution >= 0.6 is 23.2 Å². The van der Waals surface area contributed by atoms with Crippen LogP contribution in [0.4, 0.5) is 5.69 Å². The number of amidine groups is 1. The first-order valence-corrected chi connectivity index (χ1v) is 6.97. The zero-order chi connectivity index (χ0) is 15.2. The van der Waals surface area contributed by atoms with Crippen molar-refractivity contribution in [3.05, 3.63) is 59.1 Å². The Morgan fingerprint density at radius 3 is 2.48 bits per heavy atom. The molecule has 6 heteroatoms. The van der Waals surface area contributed by atoms with Crippen LogP contribution in [0, 0.1) is 0 Å². The van der Waals surface area contributed by atoms with Crippen LogP contribution in [0.25, 0.3) is 0 Å². The number of esters is 1. The minimum atomic E-state index is -0.529. The zero-order valence-corrected chi connectivity index (χ0v) is 12.4. The average Bonchev–Trinajstić information content (AvgIpc) is 2.50. The number of ether oxygens (including phenoxy) is 1. The Labute approximate surface area is 132 Å². The summed E-state index contributed by atoms with van der Waals surface area (Å²) in [7, 11) is 0. The summed E-state index contributed by atoms with van der Waals surface area (Å²) in [5.41, 5.74) is 6.31. The molecular formula is C15H12Cl2N2O2. The third-order valence-electron chi connectivity index (χ3n) is 2.55. The third-order valence-corrected chi connectivity index (χ3v) is 3.07. The fourth-order valence-electron chi connectivity index (χ4n) is 1.59. The molecule has 0 aliphatic carbocycles. The van der Waals surface area contributed by atoms with E-state index in [4.69, 9.17) is 33.7 Å². The van der Waals surface area contributed by atoms with Gasteiger partial charge in [0.25, 0.3) is 0 Å². The van der Waals surface area contributed by atoms with E-state index in [2.05, 4.69) is 4.99 Å². The van der Waals surface area contributed by atoms with Gasteiger partial charge in [-0.15, -0.1) is 11.6 Å². The molecule has 2 aromatic carbocycles. The molecule has 0 aliphatic heterocycles. The zero-order valence-electron chi connectivity index (χ0n) is 10.9. The second-order valence-electron chi connectivity index (χ2n) is 4.10. The predicted octanol–water partition coefficient (Wildman–Crippen LogP) is 3.79. The quantitative estimate of drug-likeness (QED) is 0.306. The molecule has 0 bridgehead atoms. The fourth-order valence-corrected chi connectivity index (χ4v) is 1.78. The maximum atomic E-state index is 12.2. The van der Waals surface area contributed by atoms with Gasteiger partial charge in [0.15, 0.2) is 0 Å². The first kappa shape index (κ1) is 15.4. The monoisotopic (exact) mass is 322 g/mol. The first-order valence-electron chi connectivity index (χ1n) is 6.06. The van der Waals surface area contributed by atoms with Crippen LogP contribution in [0.3, 0.4) is 0 Å². The van der Waals surface area contributed by atoms with Crippen molar-refractivity contribution in [3.63, 3.8) is 0 Å². The van der Waals surface area contributed by atoms with Crippen LogP contribution in [-0.2, 0) is 0 Å².